The molecule has 0 aliphatic heterocycles. The van der Waals surface area contributed by atoms with E-state index in [0.29, 0.717) is 18.5 Å². The Balaban J connectivity index is 1.62. The number of nitrogens with two attached hydrogens (primary N) is 1. The Kier molecular flexibility index (Phi) is 8.29. The molecule has 36 heavy (non-hydrogen) atoms. The molecule has 0 saturated carbocycles. The summed E-state index contributed by atoms with van der Waals surface area (Å²) in [6, 6.07) is 14.0. The first-order valence-electron chi connectivity index (χ1n) is 11.3. The molecule has 3 heterocycles. The van der Waals surface area contributed by atoms with Crippen molar-refractivity contribution in [1.29, 1.82) is 0 Å². The highest BCUT2D eigenvalue weighted by Gasteiger charge is 2.30. The second-order valence-corrected chi connectivity index (χ2v) is 10.0. The molecule has 0 saturated heterocycles. The van der Waals surface area contributed by atoms with Crippen molar-refractivity contribution >= 4 is 40.4 Å². The molecule has 0 aliphatic carbocycles. The van der Waals surface area contributed by atoms with Gasteiger partial charge >= 0.3 is 6.09 Å². The number of hydrogen-bond donors (Lipinski definition) is 2. The van der Waals surface area contributed by atoms with Crippen LogP contribution in [0.4, 0.5) is 10.5 Å². The van der Waals surface area contributed by atoms with Crippen molar-refractivity contribution in [3.05, 3.63) is 88.5 Å². The zero-order valence-electron chi connectivity index (χ0n) is 20.0. The Morgan fingerprint density at radius 2 is 1.78 bits per heavy atom. The fourth-order valence-electron chi connectivity index (χ4n) is 3.77. The molecule has 4 aromatic rings. The molecule has 0 bridgehead atoms. The van der Waals surface area contributed by atoms with Gasteiger partial charge in [-0.15, -0.1) is 22.7 Å². The van der Waals surface area contributed by atoms with Gasteiger partial charge in [-0.25, -0.2) is 9.78 Å². The molecule has 0 spiro atoms. The fourth-order valence-corrected chi connectivity index (χ4v) is 5.45. The summed E-state index contributed by atoms with van der Waals surface area (Å²) in [4.78, 5) is 37.3. The number of rotatable bonds is 9. The van der Waals surface area contributed by atoms with E-state index in [4.69, 9.17) is 15.5 Å². The van der Waals surface area contributed by atoms with E-state index in [1.54, 1.807) is 30.8 Å². The minimum atomic E-state index is -0.788. The fraction of sp³-hybridized carbons (Fsp3) is 0.231. The highest BCUT2D eigenvalue weighted by atomic mass is 32.1. The van der Waals surface area contributed by atoms with Crippen LogP contribution in [0.25, 0.3) is 9.88 Å². The molecule has 2 amide bonds. The minimum Gasteiger partial charge on any atom is -0.453 e. The maximum absolute atomic E-state index is 13.7. The Hall–Kier alpha value is -3.76. The average Bonchev–Trinajstić information content (AvgIpc) is 3.60. The standard InChI is InChI=1S/C26H27N5O3S2/c1-31(26(33)34-2)22(15-18-9-11-28-12-10-18)24(32)29-20(14-17-5-7-19(27)8-6-17)21-16-36-25(30-21)23-4-3-13-35-23/h3-13,16,20,22H,14-15,27H2,1-2H3,(H,29,32)/t20-,22-/m0/s1. The zero-order chi connectivity index (χ0) is 25.5. The van der Waals surface area contributed by atoms with E-state index in [1.165, 1.54) is 23.3 Å². The normalized spacial score (nSPS) is 12.5. The zero-order valence-corrected chi connectivity index (χ0v) is 21.6. The number of methoxy groups -OCH3 is 1. The van der Waals surface area contributed by atoms with Gasteiger partial charge in [-0.3, -0.25) is 14.7 Å². The number of pyridine rings is 1. The molecule has 186 valence electrons. The summed E-state index contributed by atoms with van der Waals surface area (Å²) in [5, 5.41) is 8.03. The van der Waals surface area contributed by atoms with E-state index >= 15 is 0 Å². The molecule has 8 nitrogen and oxygen atoms in total. The van der Waals surface area contributed by atoms with Crippen LogP contribution in [0.3, 0.4) is 0 Å². The average molecular weight is 522 g/mol. The van der Waals surface area contributed by atoms with E-state index in [0.717, 1.165) is 26.7 Å². The number of hydrogen-bond acceptors (Lipinski definition) is 8. The van der Waals surface area contributed by atoms with Crippen molar-refractivity contribution in [1.82, 2.24) is 20.2 Å². The first-order valence-corrected chi connectivity index (χ1v) is 13.0. The van der Waals surface area contributed by atoms with E-state index < -0.39 is 18.2 Å². The van der Waals surface area contributed by atoms with E-state index in [-0.39, 0.29) is 5.91 Å². The lowest BCUT2D eigenvalue weighted by Crippen LogP contribution is -2.50. The molecule has 0 aliphatic rings. The van der Waals surface area contributed by atoms with Gasteiger partial charge in [0.1, 0.15) is 11.0 Å². The van der Waals surface area contributed by atoms with Crippen LogP contribution >= 0.6 is 22.7 Å². The van der Waals surface area contributed by atoms with Crippen LogP contribution < -0.4 is 11.1 Å². The third-order valence-corrected chi connectivity index (χ3v) is 7.66. The molecular formula is C26H27N5O3S2. The van der Waals surface area contributed by atoms with E-state index in [1.807, 2.05) is 59.3 Å². The number of nitrogen functional groups attached to an aromatic ring is 1. The number of thiophene rings is 1. The number of carbonyl (C=O) groups is 2. The van der Waals surface area contributed by atoms with Crippen molar-refractivity contribution in [2.45, 2.75) is 24.9 Å². The Labute approximate surface area is 217 Å². The number of nitrogens with one attached hydrogen (secondary N) is 1. The lowest BCUT2D eigenvalue weighted by atomic mass is 10.0. The van der Waals surface area contributed by atoms with Crippen molar-refractivity contribution in [3.8, 4) is 9.88 Å². The third-order valence-electron chi connectivity index (χ3n) is 5.76. The van der Waals surface area contributed by atoms with E-state index in [2.05, 4.69) is 10.3 Å². The molecule has 10 heteroatoms. The van der Waals surface area contributed by atoms with Gasteiger partial charge in [-0.05, 0) is 53.3 Å². The van der Waals surface area contributed by atoms with Crippen LogP contribution in [0.2, 0.25) is 0 Å². The topological polar surface area (TPSA) is 110 Å². The highest BCUT2D eigenvalue weighted by Crippen LogP contribution is 2.31. The number of likely N-dealkylation sites (N-methyl/N-ethyl adjacent to an activating group) is 1. The van der Waals surface area contributed by atoms with E-state index in [9.17, 15) is 9.59 Å². The number of aromatic nitrogens is 2. The van der Waals surface area contributed by atoms with Crippen LogP contribution in [0.15, 0.2) is 71.7 Å². The first kappa shape index (κ1) is 25.3. The highest BCUT2D eigenvalue weighted by molar-refractivity contribution is 7.20. The van der Waals surface area contributed by atoms with Crippen molar-refractivity contribution in [3.63, 3.8) is 0 Å². The number of amides is 2. The van der Waals surface area contributed by atoms with Crippen LogP contribution in [-0.2, 0) is 22.4 Å². The van der Waals surface area contributed by atoms with Gasteiger partial charge in [-0.1, -0.05) is 18.2 Å². The van der Waals surface area contributed by atoms with Crippen molar-refractivity contribution in [2.75, 3.05) is 19.9 Å². The van der Waals surface area contributed by atoms with Crippen molar-refractivity contribution in [2.24, 2.45) is 0 Å². The quantitative estimate of drug-likeness (QED) is 0.313. The molecule has 3 aromatic heterocycles. The summed E-state index contributed by atoms with van der Waals surface area (Å²) in [5.41, 5.74) is 9.18. The molecule has 1 aromatic carbocycles. The SMILES string of the molecule is COC(=O)N(C)[C@@H](Cc1ccncc1)C(=O)N[C@@H](Cc1ccc(N)cc1)c1csc(-c2cccs2)n1. The third kappa shape index (κ3) is 6.27. The minimum absolute atomic E-state index is 0.300. The summed E-state index contributed by atoms with van der Waals surface area (Å²) in [5.74, 6) is -0.300. The molecule has 2 atom stereocenters. The lowest BCUT2D eigenvalue weighted by molar-refractivity contribution is -0.126. The summed E-state index contributed by atoms with van der Waals surface area (Å²) in [7, 11) is 2.86. The monoisotopic (exact) mass is 521 g/mol. The van der Waals surface area contributed by atoms with Gasteiger partial charge in [0.2, 0.25) is 5.91 Å². The summed E-state index contributed by atoms with van der Waals surface area (Å²) < 4.78 is 4.90. The number of anilines is 1. The Morgan fingerprint density at radius 3 is 2.44 bits per heavy atom. The van der Waals surface area contributed by atoms with Crippen LogP contribution in [-0.4, -0.2) is 47.1 Å². The smallest absolute Gasteiger partial charge is 0.409 e. The van der Waals surface area contributed by atoms with Crippen LogP contribution in [0.5, 0.6) is 0 Å². The van der Waals surface area contributed by atoms with Gasteiger partial charge in [0.05, 0.1) is 23.7 Å². The predicted octanol–water partition coefficient (Wildman–Crippen LogP) is 4.56. The maximum Gasteiger partial charge on any atom is 0.409 e. The molecule has 0 fully saturated rings. The maximum atomic E-state index is 13.7. The number of carbonyl (C=O) groups excluding carboxylic acids is 2. The molecule has 3 N–H and O–H groups in total. The first-order chi connectivity index (χ1) is 17.4. The summed E-state index contributed by atoms with van der Waals surface area (Å²) in [6.07, 6.45) is 3.56. The number of nitrogens with zero attached hydrogens (tertiary/aromatic N) is 3. The lowest BCUT2D eigenvalue weighted by Gasteiger charge is -2.28. The van der Waals surface area contributed by atoms with Crippen LogP contribution in [0, 0.1) is 0 Å². The van der Waals surface area contributed by atoms with Gasteiger partial charge in [0, 0.05) is 36.9 Å². The Morgan fingerprint density at radius 1 is 1.06 bits per heavy atom. The molecule has 0 radical (unpaired) electrons. The number of benzene rings is 1. The second-order valence-electron chi connectivity index (χ2n) is 8.22. The largest absolute Gasteiger partial charge is 0.453 e. The Bertz CT molecular complexity index is 1280. The van der Waals surface area contributed by atoms with Gasteiger partial charge < -0.3 is 15.8 Å². The van der Waals surface area contributed by atoms with Crippen LogP contribution in [0.1, 0.15) is 22.9 Å². The molecule has 4 rings (SSSR count). The summed E-state index contributed by atoms with van der Waals surface area (Å²) >= 11 is 3.16. The molecule has 0 unspecified atom stereocenters. The molecular weight excluding hydrogens is 494 g/mol. The van der Waals surface area contributed by atoms with Crippen molar-refractivity contribution < 1.29 is 14.3 Å². The predicted molar refractivity (Wildman–Crippen MR) is 143 cm³/mol. The van der Waals surface area contributed by atoms with Gasteiger partial charge in [-0.2, -0.15) is 0 Å². The number of ether oxygens (including phenoxy) is 1. The second kappa shape index (κ2) is 11.8. The van der Waals surface area contributed by atoms with Gasteiger partial charge in [0.15, 0.2) is 0 Å². The van der Waals surface area contributed by atoms with Gasteiger partial charge in [0.25, 0.3) is 0 Å². The number of thiazole rings is 1. The summed E-state index contributed by atoms with van der Waals surface area (Å²) in [6.45, 7) is 0.